The molecule has 0 fully saturated rings. The summed E-state index contributed by atoms with van der Waals surface area (Å²) in [6.07, 6.45) is -0.910. The predicted octanol–water partition coefficient (Wildman–Crippen LogP) is 2.38. The summed E-state index contributed by atoms with van der Waals surface area (Å²) in [5, 5.41) is 0.446. The maximum Gasteiger partial charge on any atom is 0.265 e. The third-order valence-electron chi connectivity index (χ3n) is 3.85. The number of carbonyl (C=O) groups is 1. The first-order valence-electron chi connectivity index (χ1n) is 7.56. The van der Waals surface area contributed by atoms with Crippen molar-refractivity contribution in [1.29, 1.82) is 0 Å². The van der Waals surface area contributed by atoms with Crippen molar-refractivity contribution in [2.45, 2.75) is 11.0 Å². The first kappa shape index (κ1) is 17.6. The highest BCUT2D eigenvalue weighted by atomic mass is 35.5. The molecule has 0 unspecified atom stereocenters. The third kappa shape index (κ3) is 3.29. The molecule has 0 radical (unpaired) electrons. The number of halogens is 1. The van der Waals surface area contributed by atoms with Gasteiger partial charge in [-0.3, -0.25) is 9.10 Å². The minimum Gasteiger partial charge on any atom is -0.476 e. The van der Waals surface area contributed by atoms with Crippen LogP contribution in [0, 0.1) is 0 Å². The van der Waals surface area contributed by atoms with Crippen LogP contribution in [-0.2, 0) is 14.8 Å². The molecule has 8 heteroatoms. The Morgan fingerprint density at radius 2 is 1.80 bits per heavy atom. The summed E-state index contributed by atoms with van der Waals surface area (Å²) < 4.78 is 33.1. The van der Waals surface area contributed by atoms with Gasteiger partial charge in [-0.1, -0.05) is 23.7 Å². The lowest BCUT2D eigenvalue weighted by atomic mass is 10.2. The van der Waals surface area contributed by atoms with E-state index >= 15 is 0 Å². The first-order valence-corrected chi connectivity index (χ1v) is 9.37. The minimum absolute atomic E-state index is 0.0982. The van der Waals surface area contributed by atoms with Gasteiger partial charge in [0.1, 0.15) is 5.75 Å². The largest absolute Gasteiger partial charge is 0.476 e. The molecule has 2 aromatic carbocycles. The lowest BCUT2D eigenvalue weighted by Gasteiger charge is -2.35. The van der Waals surface area contributed by atoms with E-state index < -0.39 is 16.1 Å². The zero-order valence-electron chi connectivity index (χ0n) is 13.7. The summed E-state index contributed by atoms with van der Waals surface area (Å²) in [5.74, 6) is 0.0531. The molecule has 6 nitrogen and oxygen atoms in total. The van der Waals surface area contributed by atoms with Gasteiger partial charge in [0.25, 0.3) is 15.9 Å². The van der Waals surface area contributed by atoms with Gasteiger partial charge in [-0.05, 0) is 36.4 Å². The number of nitrogens with zero attached hydrogens (tertiary/aromatic N) is 2. The van der Waals surface area contributed by atoms with Gasteiger partial charge in [0, 0.05) is 19.1 Å². The van der Waals surface area contributed by atoms with Crippen LogP contribution in [0.4, 0.5) is 5.69 Å². The van der Waals surface area contributed by atoms with Crippen LogP contribution < -0.4 is 9.04 Å². The van der Waals surface area contributed by atoms with Crippen molar-refractivity contribution in [1.82, 2.24) is 4.90 Å². The van der Waals surface area contributed by atoms with E-state index in [2.05, 4.69) is 0 Å². The number of likely N-dealkylation sites (N-methyl/N-ethyl adjacent to an activating group) is 1. The molecule has 132 valence electrons. The second-order valence-electron chi connectivity index (χ2n) is 5.80. The highest BCUT2D eigenvalue weighted by Crippen LogP contribution is 2.37. The highest BCUT2D eigenvalue weighted by Gasteiger charge is 2.37. The van der Waals surface area contributed by atoms with Crippen LogP contribution in [0.3, 0.4) is 0 Å². The van der Waals surface area contributed by atoms with Crippen LogP contribution in [0.25, 0.3) is 0 Å². The second kappa shape index (κ2) is 6.57. The molecule has 25 heavy (non-hydrogen) atoms. The molecule has 0 saturated carbocycles. The Bertz CT molecular complexity index is 897. The van der Waals surface area contributed by atoms with Gasteiger partial charge in [0.05, 0.1) is 17.1 Å². The van der Waals surface area contributed by atoms with Gasteiger partial charge in [0.15, 0.2) is 6.10 Å². The van der Waals surface area contributed by atoms with E-state index in [-0.39, 0.29) is 17.3 Å². The Labute approximate surface area is 151 Å². The SMILES string of the molecule is CN(C)C(=O)[C@@H]1CN(S(=O)(=O)c2ccc(Cl)cc2)c2ccccc2O1. The molecule has 1 aliphatic heterocycles. The van der Waals surface area contributed by atoms with Crippen molar-refractivity contribution in [3.05, 3.63) is 53.6 Å². The molecule has 0 aromatic heterocycles. The van der Waals surface area contributed by atoms with E-state index in [0.717, 1.165) is 0 Å². The average molecular weight is 381 g/mol. The molecule has 1 aliphatic rings. The van der Waals surface area contributed by atoms with Crippen LogP contribution in [-0.4, -0.2) is 46.0 Å². The molecule has 1 heterocycles. The summed E-state index contributed by atoms with van der Waals surface area (Å²) in [4.78, 5) is 13.8. The number of sulfonamides is 1. The zero-order chi connectivity index (χ0) is 18.2. The maximum atomic E-state index is 13.1. The number of hydrogen-bond donors (Lipinski definition) is 0. The van der Waals surface area contributed by atoms with Crippen LogP contribution in [0.5, 0.6) is 5.75 Å². The molecule has 1 amide bonds. The molecule has 2 aromatic rings. The number of benzene rings is 2. The Balaban J connectivity index is 2.07. The fraction of sp³-hybridized carbons (Fsp3) is 0.235. The van der Waals surface area contributed by atoms with Crippen molar-refractivity contribution in [3.8, 4) is 5.75 Å². The monoisotopic (exact) mass is 380 g/mol. The van der Waals surface area contributed by atoms with E-state index in [1.807, 2.05) is 0 Å². The van der Waals surface area contributed by atoms with Crippen molar-refractivity contribution in [2.24, 2.45) is 0 Å². The highest BCUT2D eigenvalue weighted by molar-refractivity contribution is 7.92. The van der Waals surface area contributed by atoms with Gasteiger partial charge in [0.2, 0.25) is 0 Å². The van der Waals surface area contributed by atoms with E-state index in [9.17, 15) is 13.2 Å². The van der Waals surface area contributed by atoms with E-state index in [0.29, 0.717) is 16.5 Å². The Morgan fingerprint density at radius 3 is 2.44 bits per heavy atom. The summed E-state index contributed by atoms with van der Waals surface area (Å²) >= 11 is 5.85. The van der Waals surface area contributed by atoms with E-state index in [4.69, 9.17) is 16.3 Å². The molecule has 0 spiro atoms. The van der Waals surface area contributed by atoms with Crippen molar-refractivity contribution >= 4 is 33.2 Å². The zero-order valence-corrected chi connectivity index (χ0v) is 15.3. The van der Waals surface area contributed by atoms with Crippen molar-refractivity contribution in [3.63, 3.8) is 0 Å². The van der Waals surface area contributed by atoms with E-state index in [1.54, 1.807) is 38.4 Å². The fourth-order valence-electron chi connectivity index (χ4n) is 2.58. The summed E-state index contributed by atoms with van der Waals surface area (Å²) in [7, 11) is -0.658. The van der Waals surface area contributed by atoms with Crippen LogP contribution in [0.1, 0.15) is 0 Å². The molecular formula is C17H17ClN2O4S. The topological polar surface area (TPSA) is 66.9 Å². The van der Waals surface area contributed by atoms with E-state index in [1.165, 1.54) is 33.5 Å². The van der Waals surface area contributed by atoms with Gasteiger partial charge < -0.3 is 9.64 Å². The number of para-hydroxylation sites is 2. The van der Waals surface area contributed by atoms with Crippen LogP contribution >= 0.6 is 11.6 Å². The van der Waals surface area contributed by atoms with Gasteiger partial charge in [-0.2, -0.15) is 0 Å². The Kier molecular flexibility index (Phi) is 4.62. The smallest absolute Gasteiger partial charge is 0.265 e. The lowest BCUT2D eigenvalue weighted by molar-refractivity contribution is -0.135. The Morgan fingerprint density at radius 1 is 1.16 bits per heavy atom. The number of rotatable bonds is 3. The first-order chi connectivity index (χ1) is 11.8. The molecule has 0 N–H and O–H groups in total. The lowest BCUT2D eigenvalue weighted by Crippen LogP contribution is -2.50. The Hall–Kier alpha value is -2.25. The van der Waals surface area contributed by atoms with Crippen LogP contribution in [0.2, 0.25) is 5.02 Å². The maximum absolute atomic E-state index is 13.1. The van der Waals surface area contributed by atoms with Crippen molar-refractivity contribution in [2.75, 3.05) is 24.9 Å². The number of amides is 1. The standard InChI is InChI=1S/C17H17ClN2O4S/c1-19(2)17(21)16-11-20(14-5-3-4-6-15(14)24-16)25(22,23)13-9-7-12(18)8-10-13/h3-10,16H,11H2,1-2H3/t16-/m0/s1. The molecule has 0 aliphatic carbocycles. The average Bonchev–Trinajstić information content (AvgIpc) is 2.60. The number of fused-ring (bicyclic) bond motifs is 1. The number of carbonyl (C=O) groups excluding carboxylic acids is 1. The van der Waals surface area contributed by atoms with Gasteiger partial charge in [-0.15, -0.1) is 0 Å². The van der Waals surface area contributed by atoms with Gasteiger partial charge in [-0.25, -0.2) is 8.42 Å². The molecule has 0 saturated heterocycles. The quantitative estimate of drug-likeness (QED) is 0.820. The summed E-state index contributed by atoms with van der Waals surface area (Å²) in [6, 6.07) is 12.7. The van der Waals surface area contributed by atoms with Gasteiger partial charge >= 0.3 is 0 Å². The molecule has 3 rings (SSSR count). The summed E-state index contributed by atoms with van der Waals surface area (Å²) in [6.45, 7) is -0.0982. The van der Waals surface area contributed by atoms with Crippen LogP contribution in [0.15, 0.2) is 53.4 Å². The normalized spacial score (nSPS) is 16.8. The predicted molar refractivity (Wildman–Crippen MR) is 95.5 cm³/mol. The minimum atomic E-state index is -3.86. The molecule has 0 bridgehead atoms. The molecule has 1 atom stereocenters. The second-order valence-corrected chi connectivity index (χ2v) is 8.10. The molecular weight excluding hydrogens is 364 g/mol. The third-order valence-corrected chi connectivity index (χ3v) is 5.90. The fourth-order valence-corrected chi connectivity index (χ4v) is 4.18. The van der Waals surface area contributed by atoms with Crippen molar-refractivity contribution < 1.29 is 17.9 Å². The number of ether oxygens (including phenoxy) is 1. The number of hydrogen-bond acceptors (Lipinski definition) is 4. The number of anilines is 1. The summed E-state index contributed by atoms with van der Waals surface area (Å²) in [5.41, 5.74) is 0.403.